The van der Waals surface area contributed by atoms with Gasteiger partial charge in [0, 0.05) is 49.0 Å². The number of nitrogens with zero attached hydrogens (tertiary/aromatic N) is 1. The quantitative estimate of drug-likeness (QED) is 0.130. The Labute approximate surface area is 357 Å². The Hall–Kier alpha value is -6.09. The minimum absolute atomic E-state index is 0.0134. The van der Waals surface area contributed by atoms with E-state index in [0.29, 0.717) is 28.6 Å². The summed E-state index contributed by atoms with van der Waals surface area (Å²) in [5.41, 5.74) is 5.11. The first-order chi connectivity index (χ1) is 29.2. The van der Waals surface area contributed by atoms with Crippen molar-refractivity contribution in [1.29, 1.82) is 0 Å². The lowest BCUT2D eigenvalue weighted by atomic mass is 9.94. The maximum Gasteiger partial charge on any atom is 0.246 e. The molecule has 0 saturated carbocycles. The first-order valence-corrected chi connectivity index (χ1v) is 20.8. The lowest BCUT2D eigenvalue weighted by Gasteiger charge is -2.32. The van der Waals surface area contributed by atoms with E-state index in [4.69, 9.17) is 5.73 Å². The number of hydrogen-bond acceptors (Lipinski definition) is 11. The number of aromatic amines is 1. The lowest BCUT2D eigenvalue weighted by Crippen LogP contribution is -2.64. The smallest absolute Gasteiger partial charge is 0.246 e. The van der Waals surface area contributed by atoms with Gasteiger partial charge in [0.2, 0.25) is 53.2 Å². The molecule has 3 aliphatic rings. The number of carbonyl (C=O) groups is 9. The number of H-pyrrole nitrogens is 1. The molecule has 21 heteroatoms. The fourth-order valence-corrected chi connectivity index (χ4v) is 8.02. The topological polar surface area (TPSA) is 323 Å². The number of benzene rings is 1. The summed E-state index contributed by atoms with van der Waals surface area (Å²) < 4.78 is 0. The second-order valence-electron chi connectivity index (χ2n) is 17.0. The highest BCUT2D eigenvalue weighted by Crippen LogP contribution is 2.27. The van der Waals surface area contributed by atoms with Gasteiger partial charge in [0.1, 0.15) is 41.8 Å². The van der Waals surface area contributed by atoms with Crippen molar-refractivity contribution in [2.75, 3.05) is 19.7 Å². The van der Waals surface area contributed by atoms with E-state index >= 15 is 0 Å². The van der Waals surface area contributed by atoms with E-state index in [1.165, 1.54) is 13.8 Å². The normalized spacial score (nSPS) is 28.0. The SMILES string of the molecule is CC[C@H](C)C1NC(=O)CNC(=O)[C@@H]2Cc3c([nH]c4ccccc34)CC(NC(=O)C(C)(C)NC1=O)C(=O)N[C@@H](CC(N)=O)C(=O)N1C[C@H](O)C[C@H]1C(=O)N[C@@H]([C@@H](C)CCO)C(=O)N2. The van der Waals surface area contributed by atoms with Crippen LogP contribution in [-0.2, 0) is 56.0 Å². The van der Waals surface area contributed by atoms with Crippen LogP contribution < -0.4 is 43.0 Å². The van der Waals surface area contributed by atoms with Crippen LogP contribution in [-0.4, -0.2) is 141 Å². The zero-order chi connectivity index (χ0) is 45.6. The summed E-state index contributed by atoms with van der Waals surface area (Å²) in [4.78, 5) is 130. The maximum absolute atomic E-state index is 14.5. The number of fused-ring (bicyclic) bond motifs is 4. The van der Waals surface area contributed by atoms with Crippen LogP contribution in [0.15, 0.2) is 24.3 Å². The Bertz CT molecular complexity index is 2090. The van der Waals surface area contributed by atoms with Gasteiger partial charge in [0.25, 0.3) is 0 Å². The number of aliphatic hydroxyl groups is 2. The van der Waals surface area contributed by atoms with Gasteiger partial charge in [-0.05, 0) is 43.7 Å². The highest BCUT2D eigenvalue weighted by molar-refractivity contribution is 6.01. The summed E-state index contributed by atoms with van der Waals surface area (Å²) in [7, 11) is 0. The van der Waals surface area contributed by atoms with Gasteiger partial charge in [-0.25, -0.2) is 0 Å². The van der Waals surface area contributed by atoms with E-state index in [1.807, 2.05) is 0 Å². The molecule has 0 spiro atoms. The predicted molar refractivity (Wildman–Crippen MR) is 221 cm³/mol. The molecule has 9 amide bonds. The number of aromatic nitrogens is 1. The van der Waals surface area contributed by atoms with Crippen LogP contribution >= 0.6 is 0 Å². The molecule has 1 fully saturated rings. The molecule has 9 atom stereocenters. The number of carbonyl (C=O) groups excluding carboxylic acids is 9. The maximum atomic E-state index is 14.5. The summed E-state index contributed by atoms with van der Waals surface area (Å²) in [6, 6.07) is -1.80. The largest absolute Gasteiger partial charge is 0.396 e. The Morgan fingerprint density at radius 1 is 0.855 bits per heavy atom. The Kier molecular flexibility index (Phi) is 15.0. The Morgan fingerprint density at radius 3 is 2.21 bits per heavy atom. The van der Waals surface area contributed by atoms with E-state index in [9.17, 15) is 53.4 Å². The van der Waals surface area contributed by atoms with Crippen molar-refractivity contribution in [2.24, 2.45) is 17.6 Å². The minimum atomic E-state index is -1.72. The van der Waals surface area contributed by atoms with E-state index in [-0.39, 0.29) is 32.3 Å². The molecule has 5 rings (SSSR count). The average molecular weight is 867 g/mol. The van der Waals surface area contributed by atoms with E-state index < -0.39 is 132 Å². The molecule has 3 aliphatic heterocycles. The van der Waals surface area contributed by atoms with Crippen molar-refractivity contribution in [2.45, 2.75) is 121 Å². The van der Waals surface area contributed by atoms with Crippen LogP contribution in [0.5, 0.6) is 0 Å². The number of hydrogen-bond donors (Lipinski definition) is 11. The molecule has 2 unspecified atom stereocenters. The van der Waals surface area contributed by atoms with E-state index in [0.717, 1.165) is 4.90 Å². The first kappa shape index (κ1) is 47.0. The number of rotatable bonds is 7. The predicted octanol–water partition coefficient (Wildman–Crippen LogP) is -3.38. The molecule has 0 aliphatic carbocycles. The lowest BCUT2D eigenvalue weighted by molar-refractivity contribution is -0.144. The van der Waals surface area contributed by atoms with Crippen LogP contribution in [0.3, 0.4) is 0 Å². The summed E-state index contributed by atoms with van der Waals surface area (Å²) in [5, 5.41) is 39.6. The molecule has 0 radical (unpaired) electrons. The second-order valence-corrected chi connectivity index (χ2v) is 17.0. The third-order valence-electron chi connectivity index (χ3n) is 11.8. The van der Waals surface area contributed by atoms with Gasteiger partial charge in [-0.3, -0.25) is 43.2 Å². The number of primary amides is 1. The molecular weight excluding hydrogens is 809 g/mol. The fourth-order valence-electron chi connectivity index (χ4n) is 8.02. The van der Waals surface area contributed by atoms with Crippen LogP contribution in [0, 0.1) is 11.8 Å². The molecular formula is C41H58N10O11. The van der Waals surface area contributed by atoms with Gasteiger partial charge in [0.15, 0.2) is 0 Å². The molecule has 21 nitrogen and oxygen atoms in total. The number of nitrogens with one attached hydrogen (secondary N) is 8. The number of aliphatic hydroxyl groups excluding tert-OH is 2. The number of para-hydroxylation sites is 1. The van der Waals surface area contributed by atoms with Gasteiger partial charge in [0.05, 0.1) is 19.1 Å². The zero-order valence-corrected chi connectivity index (χ0v) is 35.5. The van der Waals surface area contributed by atoms with Gasteiger partial charge < -0.3 is 63.0 Å². The highest BCUT2D eigenvalue weighted by atomic mass is 16.3. The van der Waals surface area contributed by atoms with Gasteiger partial charge >= 0.3 is 0 Å². The number of amides is 9. The third kappa shape index (κ3) is 10.9. The summed E-state index contributed by atoms with van der Waals surface area (Å²) >= 11 is 0. The van der Waals surface area contributed by atoms with Crippen LogP contribution in [0.1, 0.15) is 71.6 Å². The van der Waals surface area contributed by atoms with Crippen LogP contribution in [0.4, 0.5) is 0 Å². The monoisotopic (exact) mass is 866 g/mol. The molecule has 12 N–H and O–H groups in total. The zero-order valence-electron chi connectivity index (χ0n) is 35.5. The first-order valence-electron chi connectivity index (χ1n) is 20.8. The van der Waals surface area contributed by atoms with E-state index in [2.05, 4.69) is 42.2 Å². The fraction of sp³-hybridized carbons (Fsp3) is 0.585. The van der Waals surface area contributed by atoms with Gasteiger partial charge in [-0.2, -0.15) is 0 Å². The Balaban J connectivity index is 1.73. The van der Waals surface area contributed by atoms with Crippen LogP contribution in [0.25, 0.3) is 10.9 Å². The van der Waals surface area contributed by atoms with Crippen molar-refractivity contribution in [3.63, 3.8) is 0 Å². The van der Waals surface area contributed by atoms with Crippen molar-refractivity contribution in [3.8, 4) is 0 Å². The van der Waals surface area contributed by atoms with Crippen molar-refractivity contribution < 1.29 is 53.4 Å². The summed E-state index contributed by atoms with van der Waals surface area (Å²) in [6.07, 6.45) is -2.42. The number of nitrogens with two attached hydrogens (primary N) is 1. The molecule has 338 valence electrons. The van der Waals surface area contributed by atoms with Crippen molar-refractivity contribution in [3.05, 3.63) is 35.5 Å². The molecule has 62 heavy (non-hydrogen) atoms. The van der Waals surface area contributed by atoms with Gasteiger partial charge in [-0.15, -0.1) is 0 Å². The summed E-state index contributed by atoms with van der Waals surface area (Å²) in [6.45, 7) is 6.45. The average Bonchev–Trinajstić information content (AvgIpc) is 3.77. The standard InChI is InChI=1S/C41H58N10O11/c1-6-19(2)32-38(60)50-41(4,5)40(62)47-27-15-25-23(22-9-7-8-10-24(22)44-25)14-26(34(56)43-17-31(55)48-32)45-37(59)33(20(3)11-12-52)49-36(58)29-13-21(53)18-51(29)39(61)28(16-30(42)54)46-35(27)57/h7-10,19-21,26-29,32-33,44,52-53H,6,11-18H2,1-5H3,(H2,42,54)(H,43,56)(H,45,59)(H,46,57)(H,47,62)(H,48,55)(H,49,58)(H,50,60)/t19-,20-,21+,26-,27?,28-,29-,32?,33-/m0/s1. The highest BCUT2D eigenvalue weighted by Gasteiger charge is 2.45. The van der Waals surface area contributed by atoms with E-state index in [1.54, 1.807) is 45.0 Å². The van der Waals surface area contributed by atoms with Crippen molar-refractivity contribution in [1.82, 2.24) is 47.1 Å². The van der Waals surface area contributed by atoms with Crippen LogP contribution in [0.2, 0.25) is 0 Å². The Morgan fingerprint density at radius 2 is 1.53 bits per heavy atom. The molecule has 1 saturated heterocycles. The summed E-state index contributed by atoms with van der Waals surface area (Å²) in [5.74, 6) is -9.06. The minimum Gasteiger partial charge on any atom is -0.396 e. The molecule has 1 aromatic carbocycles. The molecule has 4 heterocycles. The molecule has 2 bridgehead atoms. The van der Waals surface area contributed by atoms with Gasteiger partial charge in [-0.1, -0.05) is 45.4 Å². The second kappa shape index (κ2) is 19.7. The molecule has 1 aromatic heterocycles. The molecule has 2 aromatic rings. The third-order valence-corrected chi connectivity index (χ3v) is 11.8. The van der Waals surface area contributed by atoms with Crippen molar-refractivity contribution >= 4 is 64.1 Å².